The highest BCUT2D eigenvalue weighted by Gasteiger charge is 2.28. The van der Waals surface area contributed by atoms with Crippen LogP contribution >= 0.6 is 11.6 Å². The average molecular weight is 517 g/mol. The van der Waals surface area contributed by atoms with Crippen LogP contribution in [0.25, 0.3) is 22.5 Å². The highest BCUT2D eigenvalue weighted by molar-refractivity contribution is 6.33. The standard InChI is InChI=1S/C24H20ClF3N6O2/c1-34-23(31-16-7-8-18(20(11-16)36-2)17-9-10-29-12-19(17)25)32-21(33-34)14-3-5-15(6-4-14)22(35)30-13-24(26,27)28/h3-12H,13H2,1-2H3,(H,30,35)(H,31,32,33). The van der Waals surface area contributed by atoms with Crippen LogP contribution in [0.2, 0.25) is 5.02 Å². The summed E-state index contributed by atoms with van der Waals surface area (Å²) >= 11 is 6.28. The first-order valence-electron chi connectivity index (χ1n) is 10.6. The number of ether oxygens (including phenoxy) is 1. The number of anilines is 2. The summed E-state index contributed by atoms with van der Waals surface area (Å²) in [4.78, 5) is 20.4. The van der Waals surface area contributed by atoms with Crippen LogP contribution in [0.15, 0.2) is 60.9 Å². The Morgan fingerprint density at radius 3 is 2.53 bits per heavy atom. The molecule has 0 fully saturated rings. The van der Waals surface area contributed by atoms with Crippen molar-refractivity contribution in [2.75, 3.05) is 19.0 Å². The van der Waals surface area contributed by atoms with Crippen LogP contribution in [0.3, 0.4) is 0 Å². The number of carbonyl (C=O) groups excluding carboxylic acids is 1. The Bertz CT molecular complexity index is 1390. The minimum atomic E-state index is -4.48. The summed E-state index contributed by atoms with van der Waals surface area (Å²) in [5.74, 6) is 0.582. The third kappa shape index (κ3) is 5.74. The summed E-state index contributed by atoms with van der Waals surface area (Å²) in [5, 5.41) is 9.90. The first-order chi connectivity index (χ1) is 17.1. The zero-order valence-electron chi connectivity index (χ0n) is 19.1. The summed E-state index contributed by atoms with van der Waals surface area (Å²) in [7, 11) is 3.27. The fourth-order valence-electron chi connectivity index (χ4n) is 3.38. The molecular formula is C24H20ClF3N6O2. The van der Waals surface area contributed by atoms with Crippen LogP contribution in [-0.2, 0) is 7.05 Å². The fraction of sp³-hybridized carbons (Fsp3) is 0.167. The van der Waals surface area contributed by atoms with Crippen molar-refractivity contribution in [2.45, 2.75) is 6.18 Å². The monoisotopic (exact) mass is 516 g/mol. The van der Waals surface area contributed by atoms with Crippen molar-refractivity contribution in [2.24, 2.45) is 7.05 Å². The smallest absolute Gasteiger partial charge is 0.405 e. The predicted octanol–water partition coefficient (Wildman–Crippen LogP) is 5.24. The first-order valence-corrected chi connectivity index (χ1v) is 10.9. The lowest BCUT2D eigenvalue weighted by Crippen LogP contribution is -2.33. The van der Waals surface area contributed by atoms with E-state index in [1.54, 1.807) is 55.5 Å². The molecule has 0 spiro atoms. The van der Waals surface area contributed by atoms with Crippen molar-refractivity contribution in [1.29, 1.82) is 0 Å². The number of nitrogens with one attached hydrogen (secondary N) is 2. The number of methoxy groups -OCH3 is 1. The largest absolute Gasteiger partial charge is 0.496 e. The van der Waals surface area contributed by atoms with Gasteiger partial charge in [-0.05, 0) is 30.3 Å². The molecule has 36 heavy (non-hydrogen) atoms. The number of aryl methyl sites for hydroxylation is 1. The molecule has 186 valence electrons. The molecule has 0 saturated carbocycles. The third-order valence-corrected chi connectivity index (χ3v) is 5.44. The summed E-state index contributed by atoms with van der Waals surface area (Å²) in [5.41, 5.74) is 2.96. The van der Waals surface area contributed by atoms with E-state index in [0.717, 1.165) is 11.1 Å². The van der Waals surface area contributed by atoms with Gasteiger partial charge in [0.05, 0.1) is 12.1 Å². The highest BCUT2D eigenvalue weighted by Crippen LogP contribution is 2.36. The lowest BCUT2D eigenvalue weighted by atomic mass is 10.1. The molecule has 0 radical (unpaired) electrons. The molecule has 2 N–H and O–H groups in total. The number of benzene rings is 2. The average Bonchev–Trinajstić information content (AvgIpc) is 3.22. The lowest BCUT2D eigenvalue weighted by Gasteiger charge is -2.12. The summed E-state index contributed by atoms with van der Waals surface area (Å²) < 4.78 is 44.0. The normalized spacial score (nSPS) is 11.3. The maximum Gasteiger partial charge on any atom is 0.405 e. The molecule has 2 aromatic carbocycles. The Labute approximate surface area is 209 Å². The number of nitrogens with zero attached hydrogens (tertiary/aromatic N) is 4. The molecule has 1 amide bonds. The molecule has 0 unspecified atom stereocenters. The van der Waals surface area contributed by atoms with E-state index < -0.39 is 18.6 Å². The summed E-state index contributed by atoms with van der Waals surface area (Å²) in [6.07, 6.45) is -1.27. The Morgan fingerprint density at radius 1 is 1.11 bits per heavy atom. The van der Waals surface area contributed by atoms with Crippen molar-refractivity contribution in [1.82, 2.24) is 25.1 Å². The highest BCUT2D eigenvalue weighted by atomic mass is 35.5. The van der Waals surface area contributed by atoms with E-state index in [0.29, 0.717) is 33.8 Å². The van der Waals surface area contributed by atoms with Crippen molar-refractivity contribution in [3.8, 4) is 28.3 Å². The molecule has 2 heterocycles. The van der Waals surface area contributed by atoms with Gasteiger partial charge in [0.15, 0.2) is 5.82 Å². The number of halogens is 4. The van der Waals surface area contributed by atoms with E-state index in [1.165, 1.54) is 12.1 Å². The molecule has 4 rings (SSSR count). The maximum absolute atomic E-state index is 12.3. The molecule has 0 aliphatic carbocycles. The predicted molar refractivity (Wildman–Crippen MR) is 129 cm³/mol. The number of rotatable bonds is 7. The summed E-state index contributed by atoms with van der Waals surface area (Å²) in [6, 6.07) is 13.3. The van der Waals surface area contributed by atoms with Crippen LogP contribution in [0.1, 0.15) is 10.4 Å². The number of alkyl halides is 3. The van der Waals surface area contributed by atoms with E-state index in [4.69, 9.17) is 16.3 Å². The fourth-order valence-corrected chi connectivity index (χ4v) is 3.60. The van der Waals surface area contributed by atoms with E-state index in [9.17, 15) is 18.0 Å². The Kier molecular flexibility index (Phi) is 7.11. The van der Waals surface area contributed by atoms with Gasteiger partial charge in [0.2, 0.25) is 5.95 Å². The van der Waals surface area contributed by atoms with E-state index in [2.05, 4.69) is 20.4 Å². The van der Waals surface area contributed by atoms with Crippen LogP contribution < -0.4 is 15.4 Å². The van der Waals surface area contributed by atoms with Gasteiger partial charge in [-0.25, -0.2) is 4.68 Å². The third-order valence-electron chi connectivity index (χ3n) is 5.14. The van der Waals surface area contributed by atoms with Gasteiger partial charge in [-0.1, -0.05) is 23.7 Å². The molecule has 4 aromatic rings. The van der Waals surface area contributed by atoms with Crippen LogP contribution in [-0.4, -0.2) is 45.5 Å². The molecule has 8 nitrogen and oxygen atoms in total. The van der Waals surface area contributed by atoms with Crippen molar-refractivity contribution in [3.05, 3.63) is 71.5 Å². The number of aromatic nitrogens is 4. The SMILES string of the molecule is COc1cc(Nc2nc(-c3ccc(C(=O)NCC(F)(F)F)cc3)nn2C)ccc1-c1ccncc1Cl. The van der Waals surface area contributed by atoms with E-state index in [1.807, 2.05) is 17.4 Å². The van der Waals surface area contributed by atoms with Gasteiger partial charge in [0, 0.05) is 53.4 Å². The van der Waals surface area contributed by atoms with Crippen LogP contribution in [0.5, 0.6) is 5.75 Å². The Balaban J connectivity index is 1.51. The molecule has 0 saturated heterocycles. The van der Waals surface area contributed by atoms with Gasteiger partial charge in [0.1, 0.15) is 12.3 Å². The van der Waals surface area contributed by atoms with Gasteiger partial charge in [-0.2, -0.15) is 18.2 Å². The minimum absolute atomic E-state index is 0.0961. The molecule has 12 heteroatoms. The second kappa shape index (κ2) is 10.2. The van der Waals surface area contributed by atoms with Gasteiger partial charge in [-0.3, -0.25) is 9.78 Å². The van der Waals surface area contributed by atoms with Crippen molar-refractivity contribution in [3.63, 3.8) is 0 Å². The number of hydrogen-bond donors (Lipinski definition) is 2. The zero-order valence-corrected chi connectivity index (χ0v) is 19.9. The van der Waals surface area contributed by atoms with E-state index >= 15 is 0 Å². The van der Waals surface area contributed by atoms with E-state index in [-0.39, 0.29) is 5.56 Å². The van der Waals surface area contributed by atoms with Gasteiger partial charge >= 0.3 is 6.18 Å². The molecule has 0 atom stereocenters. The van der Waals surface area contributed by atoms with Gasteiger partial charge < -0.3 is 15.4 Å². The second-order valence-electron chi connectivity index (χ2n) is 7.65. The zero-order chi connectivity index (χ0) is 25.9. The molecule has 2 aromatic heterocycles. The Hall–Kier alpha value is -4.12. The van der Waals surface area contributed by atoms with Crippen LogP contribution in [0.4, 0.5) is 24.8 Å². The number of amides is 1. The molecule has 0 bridgehead atoms. The van der Waals surface area contributed by atoms with Crippen molar-refractivity contribution >= 4 is 29.1 Å². The number of carbonyl (C=O) groups is 1. The first kappa shape index (κ1) is 25.0. The topological polar surface area (TPSA) is 94.0 Å². The quantitative estimate of drug-likeness (QED) is 0.349. The number of pyridine rings is 1. The van der Waals surface area contributed by atoms with Crippen LogP contribution in [0, 0.1) is 0 Å². The Morgan fingerprint density at radius 2 is 1.86 bits per heavy atom. The minimum Gasteiger partial charge on any atom is -0.496 e. The lowest BCUT2D eigenvalue weighted by molar-refractivity contribution is -0.123. The van der Waals surface area contributed by atoms with Crippen molar-refractivity contribution < 1.29 is 22.7 Å². The summed E-state index contributed by atoms with van der Waals surface area (Å²) in [6.45, 7) is -1.40. The molecular weight excluding hydrogens is 497 g/mol. The molecule has 0 aliphatic rings. The van der Waals surface area contributed by atoms with Gasteiger partial charge in [0.25, 0.3) is 5.91 Å². The maximum atomic E-state index is 12.3. The molecule has 0 aliphatic heterocycles. The number of hydrogen-bond acceptors (Lipinski definition) is 6. The van der Waals surface area contributed by atoms with Gasteiger partial charge in [-0.15, -0.1) is 5.10 Å². The second-order valence-corrected chi connectivity index (χ2v) is 8.06.